The number of allylic oxidation sites excluding steroid dienone is 4. The molecule has 1 aromatic carbocycles. The van der Waals surface area contributed by atoms with Crippen molar-refractivity contribution in [2.45, 2.75) is 61.0 Å². The van der Waals surface area contributed by atoms with Gasteiger partial charge in [-0.2, -0.15) is 0 Å². The minimum atomic E-state index is -0.153. The van der Waals surface area contributed by atoms with E-state index in [1.165, 1.54) is 27.9 Å². The van der Waals surface area contributed by atoms with Crippen LogP contribution in [0.25, 0.3) is 0 Å². The van der Waals surface area contributed by atoms with E-state index in [-0.39, 0.29) is 11.4 Å². The van der Waals surface area contributed by atoms with Crippen LogP contribution in [0.4, 0.5) is 0 Å². The predicted molar refractivity (Wildman–Crippen MR) is 95.1 cm³/mol. The fraction of sp³-hybridized carbons (Fsp3) is 0.476. The van der Waals surface area contributed by atoms with Gasteiger partial charge in [-0.25, -0.2) is 0 Å². The molecule has 0 N–H and O–H groups in total. The molecule has 0 aromatic heterocycles. The van der Waals surface area contributed by atoms with Crippen LogP contribution in [0.15, 0.2) is 46.6 Å². The Kier molecular flexibility index (Phi) is 5.13. The van der Waals surface area contributed by atoms with Crippen molar-refractivity contribution in [3.8, 4) is 0 Å². The Bertz CT molecular complexity index is 636. The fourth-order valence-electron chi connectivity index (χ4n) is 3.36. The number of carbonyl (C=O) groups is 1. The molecule has 1 aliphatic carbocycles. The van der Waals surface area contributed by atoms with Gasteiger partial charge >= 0.3 is 5.97 Å². The zero-order chi connectivity index (χ0) is 17.2. The third kappa shape index (κ3) is 3.41. The summed E-state index contributed by atoms with van der Waals surface area (Å²) in [5.74, 6) is -0.153. The summed E-state index contributed by atoms with van der Waals surface area (Å²) >= 11 is 0. The maximum absolute atomic E-state index is 11.2. The second-order valence-electron chi connectivity index (χ2n) is 6.84. The smallest absolute Gasteiger partial charge is 0.305 e. The van der Waals surface area contributed by atoms with Gasteiger partial charge in [-0.1, -0.05) is 49.3 Å². The minimum absolute atomic E-state index is 0.115. The van der Waals surface area contributed by atoms with Crippen molar-refractivity contribution in [3.05, 3.63) is 57.7 Å². The van der Waals surface area contributed by atoms with Crippen molar-refractivity contribution in [2.24, 2.45) is 5.41 Å². The fourth-order valence-corrected chi connectivity index (χ4v) is 3.36. The average molecular weight is 312 g/mol. The van der Waals surface area contributed by atoms with Crippen molar-refractivity contribution in [1.82, 2.24) is 0 Å². The van der Waals surface area contributed by atoms with Gasteiger partial charge in [-0.15, -0.1) is 0 Å². The molecule has 2 rings (SSSR count). The van der Waals surface area contributed by atoms with E-state index >= 15 is 0 Å². The van der Waals surface area contributed by atoms with E-state index in [1.54, 1.807) is 0 Å². The number of hydrogen-bond donors (Lipinski definition) is 0. The van der Waals surface area contributed by atoms with Crippen molar-refractivity contribution in [2.75, 3.05) is 0 Å². The molecule has 0 saturated carbocycles. The lowest BCUT2D eigenvalue weighted by atomic mass is 9.74. The molecule has 23 heavy (non-hydrogen) atoms. The van der Waals surface area contributed by atoms with Crippen molar-refractivity contribution in [3.63, 3.8) is 0 Å². The van der Waals surface area contributed by atoms with Crippen LogP contribution in [0.5, 0.6) is 0 Å². The summed E-state index contributed by atoms with van der Waals surface area (Å²) in [4.78, 5) is 11.2. The Morgan fingerprint density at radius 2 is 1.43 bits per heavy atom. The maximum Gasteiger partial charge on any atom is 0.305 e. The van der Waals surface area contributed by atoms with Crippen LogP contribution in [0.2, 0.25) is 0 Å². The summed E-state index contributed by atoms with van der Waals surface area (Å²) in [6.45, 7) is 13.5. The molecule has 1 aromatic rings. The first-order valence-corrected chi connectivity index (χ1v) is 8.39. The largest absolute Gasteiger partial charge is 0.461 e. The Morgan fingerprint density at radius 3 is 1.91 bits per heavy atom. The van der Waals surface area contributed by atoms with Gasteiger partial charge in [0.25, 0.3) is 0 Å². The van der Waals surface area contributed by atoms with Gasteiger partial charge in [0.05, 0.1) is 0 Å². The lowest BCUT2D eigenvalue weighted by molar-refractivity contribution is -0.144. The van der Waals surface area contributed by atoms with Gasteiger partial charge in [0.15, 0.2) is 0 Å². The second kappa shape index (κ2) is 6.74. The summed E-state index contributed by atoms with van der Waals surface area (Å²) in [6, 6.07) is 8.44. The first-order chi connectivity index (χ1) is 10.8. The Morgan fingerprint density at radius 1 is 0.957 bits per heavy atom. The highest BCUT2D eigenvalue weighted by atomic mass is 16.5. The van der Waals surface area contributed by atoms with E-state index in [2.05, 4.69) is 58.9 Å². The van der Waals surface area contributed by atoms with Crippen LogP contribution in [0.1, 0.15) is 59.1 Å². The van der Waals surface area contributed by atoms with Crippen molar-refractivity contribution < 1.29 is 9.53 Å². The van der Waals surface area contributed by atoms with E-state index < -0.39 is 0 Å². The normalized spacial score (nSPS) is 17.0. The zero-order valence-corrected chi connectivity index (χ0v) is 15.2. The quantitative estimate of drug-likeness (QED) is 0.683. The molecule has 0 atom stereocenters. The topological polar surface area (TPSA) is 26.3 Å². The van der Waals surface area contributed by atoms with Gasteiger partial charge in [-0.05, 0) is 56.4 Å². The number of esters is 1. The molecule has 2 nitrogen and oxygen atoms in total. The first-order valence-electron chi connectivity index (χ1n) is 8.39. The van der Waals surface area contributed by atoms with Crippen LogP contribution >= 0.6 is 0 Å². The average Bonchev–Trinajstić information content (AvgIpc) is 2.70. The monoisotopic (exact) mass is 312 g/mol. The van der Waals surface area contributed by atoms with Crippen molar-refractivity contribution >= 4 is 5.97 Å². The number of ether oxygens (including phenoxy) is 1. The Hall–Kier alpha value is -1.83. The maximum atomic E-state index is 11.2. The van der Waals surface area contributed by atoms with Crippen LogP contribution in [-0.4, -0.2) is 5.97 Å². The molecular formula is C21H28O2. The van der Waals surface area contributed by atoms with Gasteiger partial charge in [0.1, 0.15) is 6.61 Å². The summed E-state index contributed by atoms with van der Waals surface area (Å²) < 4.78 is 5.18. The minimum Gasteiger partial charge on any atom is -0.461 e. The highest BCUT2D eigenvalue weighted by Gasteiger charge is 2.36. The van der Waals surface area contributed by atoms with Gasteiger partial charge in [0.2, 0.25) is 0 Å². The second-order valence-corrected chi connectivity index (χ2v) is 6.84. The Labute approximate surface area is 140 Å². The van der Waals surface area contributed by atoms with Gasteiger partial charge in [0, 0.05) is 11.8 Å². The molecule has 124 valence electrons. The summed E-state index contributed by atoms with van der Waals surface area (Å²) in [7, 11) is 0. The number of carbonyl (C=O) groups excluding carboxylic acids is 1. The number of benzene rings is 1. The van der Waals surface area contributed by atoms with Crippen LogP contribution in [0, 0.1) is 5.41 Å². The molecule has 0 saturated heterocycles. The molecule has 0 heterocycles. The third-order valence-electron chi connectivity index (χ3n) is 5.61. The molecule has 0 unspecified atom stereocenters. The third-order valence-corrected chi connectivity index (χ3v) is 5.61. The van der Waals surface area contributed by atoms with Crippen LogP contribution < -0.4 is 0 Å². The lowest BCUT2D eigenvalue weighted by Gasteiger charge is -2.29. The highest BCUT2D eigenvalue weighted by molar-refractivity contribution is 5.68. The molecule has 0 amide bonds. The molecule has 0 aliphatic heterocycles. The van der Waals surface area contributed by atoms with E-state index in [9.17, 15) is 4.79 Å². The molecule has 0 fully saturated rings. The molecule has 0 radical (unpaired) electrons. The standard InChI is InChI=1S/C21H28O2/c1-7-20(22)23-13-19-10-8-18(9-11-19)12-21(6)16(4)14(2)15(3)17(21)5/h8-11H,7,12-13H2,1-6H3. The molecule has 0 spiro atoms. The van der Waals surface area contributed by atoms with E-state index in [1.807, 2.05) is 6.92 Å². The summed E-state index contributed by atoms with van der Waals surface area (Å²) in [6.07, 6.45) is 1.43. The molecular weight excluding hydrogens is 284 g/mol. The van der Waals surface area contributed by atoms with Crippen LogP contribution in [-0.2, 0) is 22.6 Å². The van der Waals surface area contributed by atoms with E-state index in [0.717, 1.165) is 12.0 Å². The van der Waals surface area contributed by atoms with Crippen molar-refractivity contribution in [1.29, 1.82) is 0 Å². The molecule has 0 bridgehead atoms. The SMILES string of the molecule is CCC(=O)OCc1ccc(CC2(C)C(C)=C(C)C(C)=C2C)cc1. The van der Waals surface area contributed by atoms with Gasteiger partial charge in [-0.3, -0.25) is 4.79 Å². The zero-order valence-electron chi connectivity index (χ0n) is 15.2. The summed E-state index contributed by atoms with van der Waals surface area (Å²) in [5.41, 5.74) is 8.31. The van der Waals surface area contributed by atoms with E-state index in [0.29, 0.717) is 13.0 Å². The molecule has 2 heteroatoms. The molecule has 1 aliphatic rings. The Balaban J connectivity index is 2.11. The predicted octanol–water partition coefficient (Wildman–Crippen LogP) is 5.38. The van der Waals surface area contributed by atoms with Gasteiger partial charge < -0.3 is 4.74 Å². The number of rotatable bonds is 5. The number of hydrogen-bond acceptors (Lipinski definition) is 2. The highest BCUT2D eigenvalue weighted by Crippen LogP contribution is 2.48. The lowest BCUT2D eigenvalue weighted by Crippen LogP contribution is -2.20. The van der Waals surface area contributed by atoms with Crippen LogP contribution in [0.3, 0.4) is 0 Å². The summed E-state index contributed by atoms with van der Waals surface area (Å²) in [5, 5.41) is 0. The van der Waals surface area contributed by atoms with E-state index in [4.69, 9.17) is 4.74 Å². The first kappa shape index (κ1) is 17.5.